The minimum Gasteiger partial charge on any atom is -0.343 e. The van der Waals surface area contributed by atoms with Crippen molar-refractivity contribution in [1.29, 1.82) is 0 Å². The lowest BCUT2D eigenvalue weighted by Gasteiger charge is -2.23. The van der Waals surface area contributed by atoms with E-state index in [9.17, 15) is 4.79 Å². The maximum absolute atomic E-state index is 12.3. The van der Waals surface area contributed by atoms with E-state index >= 15 is 0 Å². The first-order valence-corrected chi connectivity index (χ1v) is 9.62. The summed E-state index contributed by atoms with van der Waals surface area (Å²) in [4.78, 5) is 12.3. The van der Waals surface area contributed by atoms with Gasteiger partial charge in [-0.15, -0.1) is 15.3 Å². The van der Waals surface area contributed by atoms with E-state index in [1.54, 1.807) is 10.9 Å². The summed E-state index contributed by atoms with van der Waals surface area (Å²) in [5, 5.41) is 22.9. The highest BCUT2D eigenvalue weighted by Crippen LogP contribution is 2.14. The summed E-state index contributed by atoms with van der Waals surface area (Å²) < 4.78 is 3.86. The van der Waals surface area contributed by atoms with Crippen LogP contribution in [0.25, 0.3) is 0 Å². The molecule has 2 aromatic heterocycles. The van der Waals surface area contributed by atoms with Gasteiger partial charge in [0.1, 0.15) is 5.82 Å². The smallest absolute Gasteiger partial charge is 0.273 e. The molecule has 0 saturated carbocycles. The van der Waals surface area contributed by atoms with Crippen molar-refractivity contribution in [3.8, 4) is 0 Å². The molecule has 4 rings (SSSR count). The molecular formula is C17H26N8O. The van der Waals surface area contributed by atoms with Gasteiger partial charge in [0.2, 0.25) is 0 Å². The second-order valence-electron chi connectivity index (χ2n) is 7.13. The van der Waals surface area contributed by atoms with E-state index in [2.05, 4.69) is 35.7 Å². The number of aryl methyl sites for hydroxylation is 2. The molecule has 1 amide bonds. The summed E-state index contributed by atoms with van der Waals surface area (Å²) in [5.41, 5.74) is 0.347. The second kappa shape index (κ2) is 7.94. The molecule has 4 heterocycles. The quantitative estimate of drug-likeness (QED) is 0.787. The number of carbonyl (C=O) groups excluding carboxylic acids is 1. The van der Waals surface area contributed by atoms with Crippen LogP contribution in [0.15, 0.2) is 6.20 Å². The Morgan fingerprint density at radius 3 is 3.08 bits per heavy atom. The monoisotopic (exact) mass is 358 g/mol. The minimum atomic E-state index is -0.222. The van der Waals surface area contributed by atoms with Gasteiger partial charge < -0.3 is 15.2 Å². The summed E-state index contributed by atoms with van der Waals surface area (Å²) in [6, 6.07) is 0.546. The van der Waals surface area contributed by atoms with E-state index in [4.69, 9.17) is 0 Å². The highest BCUT2D eigenvalue weighted by molar-refractivity contribution is 5.91. The van der Waals surface area contributed by atoms with Crippen LogP contribution in [0.4, 0.5) is 0 Å². The number of nitrogens with one attached hydrogen (secondary N) is 2. The number of amides is 1. The van der Waals surface area contributed by atoms with Crippen molar-refractivity contribution in [2.24, 2.45) is 0 Å². The van der Waals surface area contributed by atoms with Gasteiger partial charge in [-0.25, -0.2) is 0 Å². The van der Waals surface area contributed by atoms with Gasteiger partial charge in [0, 0.05) is 25.6 Å². The van der Waals surface area contributed by atoms with Crippen molar-refractivity contribution in [2.45, 2.75) is 70.6 Å². The lowest BCUT2D eigenvalue weighted by atomic mass is 10.0. The summed E-state index contributed by atoms with van der Waals surface area (Å²) in [7, 11) is 0. The lowest BCUT2D eigenvalue weighted by molar-refractivity contribution is 0.0944. The summed E-state index contributed by atoms with van der Waals surface area (Å²) in [5.74, 6) is 1.60. The zero-order chi connectivity index (χ0) is 17.8. The van der Waals surface area contributed by atoms with Gasteiger partial charge in [0.05, 0.1) is 12.7 Å². The lowest BCUT2D eigenvalue weighted by Crippen LogP contribution is -2.34. The Balaban J connectivity index is 1.28. The Labute approximate surface area is 152 Å². The molecule has 1 unspecified atom stereocenters. The number of hydrogen-bond donors (Lipinski definition) is 2. The van der Waals surface area contributed by atoms with Crippen LogP contribution in [-0.2, 0) is 26.1 Å². The normalized spacial score (nSPS) is 19.9. The molecule has 9 nitrogen and oxygen atoms in total. The van der Waals surface area contributed by atoms with Crippen molar-refractivity contribution in [2.75, 3.05) is 6.54 Å². The van der Waals surface area contributed by atoms with Crippen LogP contribution in [0, 0.1) is 0 Å². The van der Waals surface area contributed by atoms with E-state index in [-0.39, 0.29) is 5.91 Å². The van der Waals surface area contributed by atoms with Crippen LogP contribution in [0.5, 0.6) is 0 Å². The Kier molecular flexibility index (Phi) is 5.24. The Morgan fingerprint density at radius 2 is 2.19 bits per heavy atom. The summed E-state index contributed by atoms with van der Waals surface area (Å²) >= 11 is 0. The average Bonchev–Trinajstić information content (AvgIpc) is 3.32. The third-order valence-electron chi connectivity index (χ3n) is 5.23. The fraction of sp³-hybridized carbons (Fsp3) is 0.706. The molecule has 0 spiro atoms. The average molecular weight is 358 g/mol. The molecule has 26 heavy (non-hydrogen) atoms. The molecule has 9 heteroatoms. The maximum atomic E-state index is 12.3. The molecular weight excluding hydrogens is 332 g/mol. The van der Waals surface area contributed by atoms with Gasteiger partial charge in [0.15, 0.2) is 11.5 Å². The predicted molar refractivity (Wildman–Crippen MR) is 94.4 cm³/mol. The predicted octanol–water partition coefficient (Wildman–Crippen LogP) is 0.668. The van der Waals surface area contributed by atoms with E-state index in [1.165, 1.54) is 19.3 Å². The maximum Gasteiger partial charge on any atom is 0.273 e. The zero-order valence-electron chi connectivity index (χ0n) is 15.0. The Morgan fingerprint density at radius 1 is 1.23 bits per heavy atom. The van der Waals surface area contributed by atoms with Crippen molar-refractivity contribution < 1.29 is 4.79 Å². The van der Waals surface area contributed by atoms with Crippen molar-refractivity contribution in [1.82, 2.24) is 40.4 Å². The fourth-order valence-electron chi connectivity index (χ4n) is 3.72. The van der Waals surface area contributed by atoms with Crippen LogP contribution in [-0.4, -0.2) is 48.3 Å². The molecule has 140 valence electrons. The number of piperidine rings is 1. The summed E-state index contributed by atoms with van der Waals surface area (Å²) in [6.07, 6.45) is 9.75. The van der Waals surface area contributed by atoms with E-state index < -0.39 is 0 Å². The number of hydrogen-bond acceptors (Lipinski definition) is 6. The molecule has 2 aliphatic heterocycles. The number of rotatable bonds is 6. The van der Waals surface area contributed by atoms with Gasteiger partial charge in [-0.3, -0.25) is 9.48 Å². The van der Waals surface area contributed by atoms with Crippen LogP contribution in [0.2, 0.25) is 0 Å². The first-order chi connectivity index (χ1) is 12.8. The van der Waals surface area contributed by atoms with E-state index in [0.29, 0.717) is 18.3 Å². The molecule has 0 bridgehead atoms. The van der Waals surface area contributed by atoms with E-state index in [0.717, 1.165) is 57.0 Å². The third-order valence-corrected chi connectivity index (χ3v) is 5.23. The molecule has 1 fully saturated rings. The molecule has 0 aromatic carbocycles. The zero-order valence-corrected chi connectivity index (χ0v) is 15.0. The minimum absolute atomic E-state index is 0.222. The molecule has 2 N–H and O–H groups in total. The van der Waals surface area contributed by atoms with Crippen molar-refractivity contribution in [3.63, 3.8) is 0 Å². The fourth-order valence-corrected chi connectivity index (χ4v) is 3.72. The van der Waals surface area contributed by atoms with Crippen molar-refractivity contribution in [3.05, 3.63) is 23.5 Å². The molecule has 0 radical (unpaired) electrons. The topological polar surface area (TPSA) is 103 Å². The summed E-state index contributed by atoms with van der Waals surface area (Å²) in [6.45, 7) is 3.17. The standard InChI is InChI=1S/C17H26N8O/c26-17(19-11-16-22-21-15-6-2-4-9-25(15)16)14-12-24(23-20-14)10-7-13-5-1-3-8-18-13/h12-13,18H,1-11H2,(H,19,26). The van der Waals surface area contributed by atoms with Crippen LogP contribution in [0.1, 0.15) is 60.7 Å². The molecule has 0 aliphatic carbocycles. The number of aromatic nitrogens is 6. The van der Waals surface area contributed by atoms with Crippen LogP contribution < -0.4 is 10.6 Å². The molecule has 2 aliphatic rings. The van der Waals surface area contributed by atoms with Gasteiger partial charge >= 0.3 is 0 Å². The first kappa shape index (κ1) is 17.1. The molecule has 1 saturated heterocycles. The number of carbonyl (C=O) groups is 1. The highest BCUT2D eigenvalue weighted by Gasteiger charge is 2.18. The first-order valence-electron chi connectivity index (χ1n) is 9.62. The molecule has 1 atom stereocenters. The van der Waals surface area contributed by atoms with Crippen LogP contribution in [0.3, 0.4) is 0 Å². The van der Waals surface area contributed by atoms with E-state index in [1.807, 2.05) is 0 Å². The highest BCUT2D eigenvalue weighted by atomic mass is 16.2. The number of fused-ring (bicyclic) bond motifs is 1. The van der Waals surface area contributed by atoms with Gasteiger partial charge in [-0.2, -0.15) is 0 Å². The SMILES string of the molecule is O=C(NCc1nnc2n1CCCC2)c1cn(CCC2CCCCN2)nn1. The molecule has 2 aromatic rings. The number of nitrogens with zero attached hydrogens (tertiary/aromatic N) is 6. The Bertz CT molecular complexity index is 746. The van der Waals surface area contributed by atoms with Gasteiger partial charge in [0.25, 0.3) is 5.91 Å². The largest absolute Gasteiger partial charge is 0.343 e. The van der Waals surface area contributed by atoms with Crippen LogP contribution >= 0.6 is 0 Å². The van der Waals surface area contributed by atoms with Gasteiger partial charge in [-0.1, -0.05) is 11.6 Å². The van der Waals surface area contributed by atoms with Crippen molar-refractivity contribution >= 4 is 5.91 Å². The second-order valence-corrected chi connectivity index (χ2v) is 7.13. The third kappa shape index (κ3) is 3.92. The Hall–Kier alpha value is -2.29. The van der Waals surface area contributed by atoms with Gasteiger partial charge in [-0.05, 0) is 38.6 Å².